The Morgan fingerprint density at radius 1 is 0.553 bits per heavy atom. The minimum Gasteiger partial charge on any atom is -0.0808 e. The molecule has 252 valence electrons. The molecule has 6 rings (SSSR count). The van der Waals surface area contributed by atoms with E-state index < -0.39 is 8.07 Å². The molecule has 0 radical (unpaired) electrons. The molecule has 0 aliphatic heterocycles. The molecule has 2 fully saturated rings. The van der Waals surface area contributed by atoms with Crippen LogP contribution >= 0.6 is 0 Å². The molecule has 0 bridgehead atoms. The van der Waals surface area contributed by atoms with Gasteiger partial charge in [-0.3, -0.25) is 0 Å². The van der Waals surface area contributed by atoms with E-state index in [9.17, 15) is 0 Å². The van der Waals surface area contributed by atoms with Gasteiger partial charge in [0.25, 0.3) is 0 Å². The van der Waals surface area contributed by atoms with Gasteiger partial charge in [0, 0.05) is 0 Å². The summed E-state index contributed by atoms with van der Waals surface area (Å²) in [4.78, 5) is 0. The summed E-state index contributed by atoms with van der Waals surface area (Å²) >= 11 is 0. The average molecular weight is 645 g/mol. The lowest BCUT2D eigenvalue weighted by molar-refractivity contribution is 0.351. The maximum Gasteiger partial charge on any atom is 0.0553 e. The van der Waals surface area contributed by atoms with E-state index in [1.165, 1.54) is 35.1 Å². The van der Waals surface area contributed by atoms with Gasteiger partial charge in [0.15, 0.2) is 0 Å². The van der Waals surface area contributed by atoms with E-state index >= 15 is 0 Å². The fraction of sp³-hybridized carbons (Fsp3) is 0.565. The minimum atomic E-state index is -1.79. The van der Waals surface area contributed by atoms with Crippen molar-refractivity contribution in [2.45, 2.75) is 117 Å². The average Bonchev–Trinajstić information content (AvgIpc) is 3.61. The first-order valence-electron chi connectivity index (χ1n) is 19.0. The summed E-state index contributed by atoms with van der Waals surface area (Å²) in [5, 5.41) is 0. The van der Waals surface area contributed by atoms with Crippen LogP contribution in [-0.4, -0.2) is 8.07 Å². The molecule has 4 aliphatic carbocycles. The fourth-order valence-corrected chi connectivity index (χ4v) is 17.3. The van der Waals surface area contributed by atoms with E-state index in [1.54, 1.807) is 11.1 Å². The summed E-state index contributed by atoms with van der Waals surface area (Å²) in [7, 11) is -1.79. The quantitative estimate of drug-likeness (QED) is 0.275. The van der Waals surface area contributed by atoms with E-state index in [1.807, 2.05) is 0 Å². The largest absolute Gasteiger partial charge is 0.0808 e. The van der Waals surface area contributed by atoms with E-state index in [0.717, 1.165) is 22.9 Å². The van der Waals surface area contributed by atoms with Gasteiger partial charge in [-0.25, -0.2) is 0 Å². The Kier molecular flexibility index (Phi) is 9.17. The fourth-order valence-electron chi connectivity index (χ4n) is 10.9. The molecule has 47 heavy (non-hydrogen) atoms. The van der Waals surface area contributed by atoms with Crippen LogP contribution in [0.4, 0.5) is 0 Å². The highest BCUT2D eigenvalue weighted by Gasteiger charge is 2.60. The van der Waals surface area contributed by atoms with Gasteiger partial charge < -0.3 is 0 Å². The standard InChI is InChI=1S/C46H64Si/c1-29(2)39-27-41-35(31-19-23-33(24-20-31)45(5,6)7)15-13-17-37(41)43(39)47(11,12)44-38-18-14-16-36(42(38)28-40(44)30(3)4)32-21-25-34(26-22-32)46(8,9)10/h13-26,29-30,37-44H,27-28H2,1-12H3/t37?,38?,39?,40?,41-,42-,43?,44?/m1/s1. The maximum absolute atomic E-state index is 2.84. The molecule has 1 heteroatoms. The van der Waals surface area contributed by atoms with Crippen molar-refractivity contribution >= 4 is 19.2 Å². The zero-order chi connectivity index (χ0) is 34.1. The number of rotatable bonds is 6. The van der Waals surface area contributed by atoms with Crippen molar-refractivity contribution in [3.05, 3.63) is 107 Å². The molecule has 0 nitrogen and oxygen atoms in total. The van der Waals surface area contributed by atoms with Crippen LogP contribution in [0.3, 0.4) is 0 Å². The second-order valence-electron chi connectivity index (χ2n) is 19.2. The summed E-state index contributed by atoms with van der Waals surface area (Å²) in [6.07, 6.45) is 17.8. The van der Waals surface area contributed by atoms with E-state index in [4.69, 9.17) is 0 Å². The molecule has 2 saturated carbocycles. The Hall–Kier alpha value is -2.38. The van der Waals surface area contributed by atoms with Crippen LogP contribution in [0.5, 0.6) is 0 Å². The van der Waals surface area contributed by atoms with Crippen molar-refractivity contribution in [1.29, 1.82) is 0 Å². The van der Waals surface area contributed by atoms with Crippen molar-refractivity contribution in [2.75, 3.05) is 0 Å². The summed E-state index contributed by atoms with van der Waals surface area (Å²) < 4.78 is 0. The topological polar surface area (TPSA) is 0 Å². The van der Waals surface area contributed by atoms with Crippen LogP contribution in [0.15, 0.2) is 85.0 Å². The van der Waals surface area contributed by atoms with Gasteiger partial charge >= 0.3 is 0 Å². The van der Waals surface area contributed by atoms with E-state index in [2.05, 4.69) is 167 Å². The lowest BCUT2D eigenvalue weighted by Gasteiger charge is -2.48. The second kappa shape index (κ2) is 12.5. The monoisotopic (exact) mass is 644 g/mol. The second-order valence-corrected chi connectivity index (χ2v) is 24.2. The molecule has 2 aromatic carbocycles. The summed E-state index contributed by atoms with van der Waals surface area (Å²) in [5.74, 6) is 5.58. The van der Waals surface area contributed by atoms with Crippen LogP contribution in [0, 0.1) is 47.3 Å². The predicted octanol–water partition coefficient (Wildman–Crippen LogP) is 13.2. The third-order valence-electron chi connectivity index (χ3n) is 13.3. The Labute approximate surface area is 289 Å². The lowest BCUT2D eigenvalue weighted by atomic mass is 9.80. The highest BCUT2D eigenvalue weighted by atomic mass is 28.3. The molecule has 0 spiro atoms. The Morgan fingerprint density at radius 3 is 1.19 bits per heavy atom. The molecule has 0 heterocycles. The third kappa shape index (κ3) is 6.29. The molecular weight excluding hydrogens is 581 g/mol. The Bertz CT molecular complexity index is 1430. The summed E-state index contributed by atoms with van der Waals surface area (Å²) in [6, 6.07) is 19.2. The molecule has 6 unspecified atom stereocenters. The van der Waals surface area contributed by atoms with Gasteiger partial charge in [-0.05, 0) is 115 Å². The normalized spacial score (nSPS) is 30.9. The van der Waals surface area contributed by atoms with Crippen LogP contribution in [0.1, 0.15) is 104 Å². The Balaban J connectivity index is 1.33. The van der Waals surface area contributed by atoms with Crippen molar-refractivity contribution in [3.8, 4) is 0 Å². The van der Waals surface area contributed by atoms with Crippen molar-refractivity contribution in [1.82, 2.24) is 0 Å². The Morgan fingerprint density at radius 2 is 0.894 bits per heavy atom. The molecule has 0 aromatic heterocycles. The number of benzene rings is 2. The number of allylic oxidation sites excluding steroid dienone is 8. The first-order valence-corrected chi connectivity index (χ1v) is 22.1. The zero-order valence-corrected chi connectivity index (χ0v) is 32.8. The summed E-state index contributed by atoms with van der Waals surface area (Å²) in [5.41, 5.74) is 10.9. The van der Waals surface area contributed by atoms with Gasteiger partial charge in [-0.15, -0.1) is 0 Å². The van der Waals surface area contributed by atoms with Gasteiger partial charge in [0.05, 0.1) is 8.07 Å². The van der Waals surface area contributed by atoms with Crippen LogP contribution < -0.4 is 0 Å². The first-order chi connectivity index (χ1) is 22.0. The maximum atomic E-state index is 2.84. The SMILES string of the molecule is CC(C)C1C[C@@H]2C(c3ccc(C(C)(C)C)cc3)=CC=CC2C1[Si](C)(C)C1C(C(C)C)C[C@@H]2C(c3ccc(C(C)(C)C)cc3)=CC=CC12. The molecule has 4 aliphatic rings. The number of hydrogen-bond donors (Lipinski definition) is 0. The van der Waals surface area contributed by atoms with Gasteiger partial charge in [0.1, 0.15) is 0 Å². The van der Waals surface area contributed by atoms with Crippen LogP contribution in [-0.2, 0) is 10.8 Å². The van der Waals surface area contributed by atoms with Crippen molar-refractivity contribution in [3.63, 3.8) is 0 Å². The molecule has 2 aromatic rings. The molecular formula is C46H64Si. The van der Waals surface area contributed by atoms with Crippen LogP contribution in [0.2, 0.25) is 24.2 Å². The molecule has 8 atom stereocenters. The van der Waals surface area contributed by atoms with E-state index in [-0.39, 0.29) is 10.8 Å². The highest BCUT2D eigenvalue weighted by Crippen LogP contribution is 2.66. The van der Waals surface area contributed by atoms with Gasteiger partial charge in [0.2, 0.25) is 0 Å². The number of hydrogen-bond acceptors (Lipinski definition) is 0. The van der Waals surface area contributed by atoms with E-state index in [0.29, 0.717) is 35.5 Å². The first kappa shape index (κ1) is 34.5. The smallest absolute Gasteiger partial charge is 0.0553 e. The van der Waals surface area contributed by atoms with Gasteiger partial charge in [-0.2, -0.15) is 0 Å². The van der Waals surface area contributed by atoms with Crippen molar-refractivity contribution < 1.29 is 0 Å². The predicted molar refractivity (Wildman–Crippen MR) is 209 cm³/mol. The van der Waals surface area contributed by atoms with Crippen LogP contribution in [0.25, 0.3) is 11.1 Å². The molecule has 0 saturated heterocycles. The number of fused-ring (bicyclic) bond motifs is 2. The third-order valence-corrected chi connectivity index (χ3v) is 18.4. The highest BCUT2D eigenvalue weighted by molar-refractivity contribution is 6.80. The van der Waals surface area contributed by atoms with Crippen molar-refractivity contribution in [2.24, 2.45) is 47.3 Å². The zero-order valence-electron chi connectivity index (χ0n) is 31.8. The van der Waals surface area contributed by atoms with Gasteiger partial charge in [-0.1, -0.05) is 167 Å². The lowest BCUT2D eigenvalue weighted by Crippen LogP contribution is -2.47. The summed E-state index contributed by atoms with van der Waals surface area (Å²) in [6.45, 7) is 29.7. The molecule has 0 N–H and O–H groups in total. The minimum absolute atomic E-state index is 0.184. The molecule has 0 amide bonds.